The molecule has 0 saturated carbocycles. The summed E-state index contributed by atoms with van der Waals surface area (Å²) >= 11 is 0. The van der Waals surface area contributed by atoms with Gasteiger partial charge in [0.15, 0.2) is 0 Å². The number of rotatable bonds is 7. The second-order valence-corrected chi connectivity index (χ2v) is 6.47. The van der Waals surface area contributed by atoms with E-state index in [0.29, 0.717) is 17.4 Å². The molecule has 1 heterocycles. The van der Waals surface area contributed by atoms with Crippen molar-refractivity contribution < 1.29 is 19.6 Å². The van der Waals surface area contributed by atoms with Crippen LogP contribution in [0.25, 0.3) is 0 Å². The number of hydrogen-bond donors (Lipinski definition) is 2. The Morgan fingerprint density at radius 1 is 1.10 bits per heavy atom. The number of carboxylic acid groups (broad SMARTS) is 1. The minimum absolute atomic E-state index is 0.0677. The van der Waals surface area contributed by atoms with Gasteiger partial charge in [-0.05, 0) is 47.9 Å². The maximum atomic E-state index is 11.6. The van der Waals surface area contributed by atoms with Gasteiger partial charge in [-0.25, -0.2) is 9.78 Å². The summed E-state index contributed by atoms with van der Waals surface area (Å²) in [5, 5.41) is 23.4. The highest BCUT2D eigenvalue weighted by Crippen LogP contribution is 2.35. The van der Waals surface area contributed by atoms with Crippen LogP contribution in [0.4, 0.5) is 17.2 Å². The quantitative estimate of drug-likeness (QED) is 0.434. The minimum Gasteiger partial charge on any atom is -0.478 e. The Labute approximate surface area is 166 Å². The van der Waals surface area contributed by atoms with E-state index in [1.165, 1.54) is 24.3 Å². The molecule has 29 heavy (non-hydrogen) atoms. The number of hydrogen-bond acceptors (Lipinski definition) is 7. The largest absolute Gasteiger partial charge is 0.478 e. The van der Waals surface area contributed by atoms with E-state index in [1.54, 1.807) is 12.1 Å². The molecule has 0 atom stereocenters. The molecule has 0 saturated heterocycles. The van der Waals surface area contributed by atoms with Gasteiger partial charge < -0.3 is 15.2 Å². The summed E-state index contributed by atoms with van der Waals surface area (Å²) in [5.41, 5.74) is 1.22. The molecule has 0 amide bonds. The van der Waals surface area contributed by atoms with E-state index >= 15 is 0 Å². The Hall–Kier alpha value is -4.01. The first-order valence-electron chi connectivity index (χ1n) is 8.72. The van der Waals surface area contributed by atoms with Gasteiger partial charge in [0.2, 0.25) is 5.82 Å². The van der Waals surface area contributed by atoms with Crippen LogP contribution in [0.15, 0.2) is 54.9 Å². The van der Waals surface area contributed by atoms with E-state index in [4.69, 9.17) is 9.84 Å². The topological polar surface area (TPSA) is 127 Å². The fourth-order valence-electron chi connectivity index (χ4n) is 2.56. The van der Waals surface area contributed by atoms with Crippen molar-refractivity contribution in [3.63, 3.8) is 0 Å². The number of aromatic carboxylic acids is 1. The van der Waals surface area contributed by atoms with Crippen molar-refractivity contribution in [3.8, 4) is 11.6 Å². The Bertz CT molecular complexity index is 1030. The average Bonchev–Trinajstić information content (AvgIpc) is 2.68. The Kier molecular flexibility index (Phi) is 5.68. The third kappa shape index (κ3) is 4.64. The van der Waals surface area contributed by atoms with Crippen molar-refractivity contribution in [1.82, 2.24) is 9.97 Å². The number of nitrogens with zero attached hydrogens (tertiary/aromatic N) is 3. The molecule has 0 aliphatic rings. The minimum atomic E-state index is -1.07. The molecule has 1 aromatic heterocycles. The first kappa shape index (κ1) is 19.7. The molecule has 0 radical (unpaired) electrons. The van der Waals surface area contributed by atoms with E-state index in [0.717, 1.165) is 11.9 Å². The number of carboxylic acids is 1. The second-order valence-electron chi connectivity index (χ2n) is 6.47. The second kappa shape index (κ2) is 8.34. The highest BCUT2D eigenvalue weighted by molar-refractivity contribution is 5.88. The zero-order chi connectivity index (χ0) is 21.0. The average molecular weight is 394 g/mol. The third-order valence-corrected chi connectivity index (χ3v) is 4.13. The highest BCUT2D eigenvalue weighted by atomic mass is 16.6. The molecule has 0 fully saturated rings. The number of anilines is 2. The molecule has 0 unspecified atom stereocenters. The van der Waals surface area contributed by atoms with Gasteiger partial charge in [-0.15, -0.1) is 0 Å². The normalized spacial score (nSPS) is 10.6. The van der Waals surface area contributed by atoms with E-state index < -0.39 is 16.6 Å². The summed E-state index contributed by atoms with van der Waals surface area (Å²) in [5.74, 6) is -0.578. The van der Waals surface area contributed by atoms with E-state index in [2.05, 4.69) is 29.1 Å². The molecule has 148 valence electrons. The van der Waals surface area contributed by atoms with Crippen molar-refractivity contribution in [3.05, 3.63) is 76.1 Å². The molecule has 2 aromatic carbocycles. The highest BCUT2D eigenvalue weighted by Gasteiger charge is 2.25. The van der Waals surface area contributed by atoms with Crippen molar-refractivity contribution in [1.29, 1.82) is 0 Å². The molecule has 0 spiro atoms. The molecule has 2 N–H and O–H groups in total. The summed E-state index contributed by atoms with van der Waals surface area (Å²) < 4.78 is 5.62. The van der Waals surface area contributed by atoms with Gasteiger partial charge in [0.25, 0.3) is 0 Å². The number of aromatic nitrogens is 2. The van der Waals surface area contributed by atoms with Gasteiger partial charge in [-0.2, -0.15) is 4.98 Å². The number of carbonyl (C=O) groups is 1. The summed E-state index contributed by atoms with van der Waals surface area (Å²) in [6.45, 7) is 4.12. The molecule has 9 nitrogen and oxygen atoms in total. The lowest BCUT2D eigenvalue weighted by atomic mass is 10.0. The lowest BCUT2D eigenvalue weighted by Gasteiger charge is -2.10. The lowest BCUT2D eigenvalue weighted by molar-refractivity contribution is -0.385. The number of benzene rings is 2. The molecule has 0 aliphatic carbocycles. The van der Waals surface area contributed by atoms with Crippen LogP contribution in [0.2, 0.25) is 0 Å². The summed E-state index contributed by atoms with van der Waals surface area (Å²) in [6, 6.07) is 12.9. The van der Waals surface area contributed by atoms with Crippen molar-refractivity contribution in [2.45, 2.75) is 19.8 Å². The molecule has 3 aromatic rings. The van der Waals surface area contributed by atoms with Crippen LogP contribution in [0.1, 0.15) is 35.7 Å². The molecule has 3 rings (SSSR count). The van der Waals surface area contributed by atoms with Gasteiger partial charge in [0.05, 0.1) is 10.5 Å². The summed E-state index contributed by atoms with van der Waals surface area (Å²) in [4.78, 5) is 29.8. The van der Waals surface area contributed by atoms with E-state index in [9.17, 15) is 14.9 Å². The van der Waals surface area contributed by atoms with Crippen molar-refractivity contribution in [2.75, 3.05) is 5.32 Å². The van der Waals surface area contributed by atoms with Crippen LogP contribution in [0.5, 0.6) is 11.6 Å². The molecular weight excluding hydrogens is 376 g/mol. The van der Waals surface area contributed by atoms with Gasteiger partial charge >= 0.3 is 17.5 Å². The van der Waals surface area contributed by atoms with Crippen LogP contribution in [0, 0.1) is 10.1 Å². The van der Waals surface area contributed by atoms with E-state index in [-0.39, 0.29) is 17.3 Å². The summed E-state index contributed by atoms with van der Waals surface area (Å²) in [7, 11) is 0. The fraction of sp³-hybridized carbons (Fsp3) is 0.150. The molecule has 0 aliphatic heterocycles. The van der Waals surface area contributed by atoms with Gasteiger partial charge in [-0.1, -0.05) is 26.0 Å². The van der Waals surface area contributed by atoms with Crippen LogP contribution in [0.3, 0.4) is 0 Å². The van der Waals surface area contributed by atoms with Crippen LogP contribution in [-0.4, -0.2) is 26.0 Å². The Balaban J connectivity index is 1.89. The fourth-order valence-corrected chi connectivity index (χ4v) is 2.56. The molecule has 0 bridgehead atoms. The first-order valence-corrected chi connectivity index (χ1v) is 8.72. The third-order valence-electron chi connectivity index (χ3n) is 4.13. The Morgan fingerprint density at radius 2 is 1.76 bits per heavy atom. The standard InChI is InChI=1S/C20H18N4O5/c1-12(2)13-5-9-16(10-6-13)29-19-17(24(27)28)18(21-11-22-19)23-15-7-3-14(4-8-15)20(25)26/h3-12H,1-2H3,(H,25,26)(H,21,22,23). The summed E-state index contributed by atoms with van der Waals surface area (Å²) in [6.07, 6.45) is 1.15. The predicted octanol–water partition coefficient (Wildman–Crippen LogP) is 4.74. The monoisotopic (exact) mass is 394 g/mol. The predicted molar refractivity (Wildman–Crippen MR) is 106 cm³/mol. The zero-order valence-electron chi connectivity index (χ0n) is 15.7. The smallest absolute Gasteiger partial charge is 0.373 e. The van der Waals surface area contributed by atoms with Crippen LogP contribution in [-0.2, 0) is 0 Å². The maximum Gasteiger partial charge on any atom is 0.373 e. The molecule has 9 heteroatoms. The zero-order valence-corrected chi connectivity index (χ0v) is 15.7. The Morgan fingerprint density at radius 3 is 2.31 bits per heavy atom. The SMILES string of the molecule is CC(C)c1ccc(Oc2ncnc(Nc3ccc(C(=O)O)cc3)c2[N+](=O)[O-])cc1. The van der Waals surface area contributed by atoms with Crippen LogP contribution >= 0.6 is 0 Å². The van der Waals surface area contributed by atoms with Crippen molar-refractivity contribution >= 4 is 23.2 Å². The van der Waals surface area contributed by atoms with E-state index in [1.807, 2.05) is 12.1 Å². The number of nitro groups is 1. The maximum absolute atomic E-state index is 11.6. The molecular formula is C20H18N4O5. The van der Waals surface area contributed by atoms with Gasteiger partial charge in [-0.3, -0.25) is 10.1 Å². The first-order chi connectivity index (χ1) is 13.8. The number of nitrogens with one attached hydrogen (secondary N) is 1. The van der Waals surface area contributed by atoms with Gasteiger partial charge in [0, 0.05) is 5.69 Å². The van der Waals surface area contributed by atoms with Crippen molar-refractivity contribution in [2.24, 2.45) is 0 Å². The number of ether oxygens (including phenoxy) is 1. The van der Waals surface area contributed by atoms with Crippen LogP contribution < -0.4 is 10.1 Å². The lowest BCUT2D eigenvalue weighted by Crippen LogP contribution is -2.04. The van der Waals surface area contributed by atoms with Gasteiger partial charge in [0.1, 0.15) is 12.1 Å².